The van der Waals surface area contributed by atoms with Gasteiger partial charge in [-0.3, -0.25) is 9.69 Å². The Morgan fingerprint density at radius 3 is 2.58 bits per heavy atom. The van der Waals surface area contributed by atoms with Gasteiger partial charge in [0.2, 0.25) is 0 Å². The second-order valence-electron chi connectivity index (χ2n) is 4.41. The number of carbonyl (C=O) groups is 1. The Kier molecular flexibility index (Phi) is 2.72. The number of nitrogens with zero attached hydrogens (tertiary/aromatic N) is 1. The Bertz CT molecular complexity index is 625. The molecule has 0 saturated carbocycles. The van der Waals surface area contributed by atoms with E-state index < -0.39 is 6.04 Å². The lowest BCUT2D eigenvalue weighted by atomic mass is 10.1. The van der Waals surface area contributed by atoms with Gasteiger partial charge in [-0.2, -0.15) is 0 Å². The normalized spacial score (nSPS) is 17.5. The van der Waals surface area contributed by atoms with Crippen LogP contribution in [0.3, 0.4) is 0 Å². The molecule has 0 aromatic heterocycles. The van der Waals surface area contributed by atoms with Crippen LogP contribution in [0.2, 0.25) is 0 Å². The average Bonchev–Trinajstić information content (AvgIpc) is 2.71. The van der Waals surface area contributed by atoms with Crippen molar-refractivity contribution in [2.24, 2.45) is 5.73 Å². The lowest BCUT2D eigenvalue weighted by Crippen LogP contribution is -2.27. The van der Waals surface area contributed by atoms with Gasteiger partial charge >= 0.3 is 0 Å². The van der Waals surface area contributed by atoms with E-state index in [1.54, 1.807) is 12.0 Å². The van der Waals surface area contributed by atoms with E-state index in [0.29, 0.717) is 5.75 Å². The van der Waals surface area contributed by atoms with E-state index in [0.717, 1.165) is 16.9 Å². The molecule has 3 rings (SSSR count). The second-order valence-corrected chi connectivity index (χ2v) is 4.41. The van der Waals surface area contributed by atoms with Crippen LogP contribution >= 0.6 is 0 Å². The van der Waals surface area contributed by atoms with Gasteiger partial charge in [-0.15, -0.1) is 0 Å². The molecule has 0 fully saturated rings. The molecule has 19 heavy (non-hydrogen) atoms. The molecule has 2 aromatic carbocycles. The number of para-hydroxylation sites is 1. The SMILES string of the molecule is COc1ccc2c(c1)N(c1ccccc1)C(=O)C2N. The van der Waals surface area contributed by atoms with Crippen molar-refractivity contribution in [2.45, 2.75) is 6.04 Å². The standard InChI is InChI=1S/C15H14N2O2/c1-19-11-7-8-12-13(9-11)17(15(18)14(12)16)10-5-3-2-4-6-10/h2-9,14H,16H2,1H3. The molecular formula is C15H14N2O2. The molecule has 1 aliphatic rings. The van der Waals surface area contributed by atoms with Gasteiger partial charge in [0.05, 0.1) is 12.8 Å². The molecule has 2 aromatic rings. The van der Waals surface area contributed by atoms with Crippen LogP contribution in [0, 0.1) is 0 Å². The third kappa shape index (κ3) is 1.77. The Balaban J connectivity index is 2.15. The quantitative estimate of drug-likeness (QED) is 0.895. The third-order valence-electron chi connectivity index (χ3n) is 3.31. The summed E-state index contributed by atoms with van der Waals surface area (Å²) < 4.78 is 5.22. The van der Waals surface area contributed by atoms with Crippen LogP contribution in [0.15, 0.2) is 48.5 Å². The van der Waals surface area contributed by atoms with Crippen molar-refractivity contribution >= 4 is 17.3 Å². The minimum atomic E-state index is -0.610. The number of hydrogen-bond acceptors (Lipinski definition) is 3. The summed E-state index contributed by atoms with van der Waals surface area (Å²) >= 11 is 0. The fourth-order valence-electron chi connectivity index (χ4n) is 2.34. The fraction of sp³-hybridized carbons (Fsp3) is 0.133. The average molecular weight is 254 g/mol. The number of anilines is 2. The number of nitrogens with two attached hydrogens (primary N) is 1. The van der Waals surface area contributed by atoms with E-state index in [9.17, 15) is 4.79 Å². The van der Waals surface area contributed by atoms with Gasteiger partial charge in [0.25, 0.3) is 5.91 Å². The smallest absolute Gasteiger partial charge is 0.253 e. The lowest BCUT2D eigenvalue weighted by Gasteiger charge is -2.18. The van der Waals surface area contributed by atoms with Gasteiger partial charge in [-0.1, -0.05) is 24.3 Å². The molecule has 1 amide bonds. The van der Waals surface area contributed by atoms with Crippen LogP contribution in [0.4, 0.5) is 11.4 Å². The van der Waals surface area contributed by atoms with Crippen LogP contribution in [0.25, 0.3) is 0 Å². The minimum absolute atomic E-state index is 0.116. The summed E-state index contributed by atoms with van der Waals surface area (Å²) in [4.78, 5) is 14.0. The molecule has 1 unspecified atom stereocenters. The molecule has 1 aliphatic heterocycles. The number of carbonyl (C=O) groups excluding carboxylic acids is 1. The Hall–Kier alpha value is -2.33. The number of benzene rings is 2. The summed E-state index contributed by atoms with van der Waals surface area (Å²) in [5.41, 5.74) is 8.41. The van der Waals surface area contributed by atoms with Crippen LogP contribution in [0.5, 0.6) is 5.75 Å². The van der Waals surface area contributed by atoms with Gasteiger partial charge in [-0.25, -0.2) is 0 Å². The monoisotopic (exact) mass is 254 g/mol. The van der Waals surface area contributed by atoms with Gasteiger partial charge in [0, 0.05) is 17.3 Å². The highest BCUT2D eigenvalue weighted by Gasteiger charge is 2.35. The molecule has 4 nitrogen and oxygen atoms in total. The van der Waals surface area contributed by atoms with E-state index >= 15 is 0 Å². The van der Waals surface area contributed by atoms with Gasteiger partial charge in [0.15, 0.2) is 0 Å². The zero-order valence-electron chi connectivity index (χ0n) is 10.5. The predicted molar refractivity (Wildman–Crippen MR) is 73.5 cm³/mol. The van der Waals surface area contributed by atoms with E-state index in [2.05, 4.69) is 0 Å². The van der Waals surface area contributed by atoms with Crippen LogP contribution in [-0.2, 0) is 4.79 Å². The van der Waals surface area contributed by atoms with Crippen molar-refractivity contribution in [3.8, 4) is 5.75 Å². The summed E-state index contributed by atoms with van der Waals surface area (Å²) in [6.45, 7) is 0. The van der Waals surface area contributed by atoms with Gasteiger partial charge in [-0.05, 0) is 18.2 Å². The number of amides is 1. The Labute approximate surface area is 111 Å². The maximum absolute atomic E-state index is 12.3. The molecule has 1 atom stereocenters. The van der Waals surface area contributed by atoms with Crippen LogP contribution < -0.4 is 15.4 Å². The van der Waals surface area contributed by atoms with Crippen molar-refractivity contribution in [3.63, 3.8) is 0 Å². The lowest BCUT2D eigenvalue weighted by molar-refractivity contribution is -0.118. The van der Waals surface area contributed by atoms with Crippen molar-refractivity contribution in [1.82, 2.24) is 0 Å². The Morgan fingerprint density at radius 2 is 1.89 bits per heavy atom. The highest BCUT2D eigenvalue weighted by molar-refractivity contribution is 6.10. The van der Waals surface area contributed by atoms with E-state index in [-0.39, 0.29) is 5.91 Å². The van der Waals surface area contributed by atoms with E-state index in [4.69, 9.17) is 10.5 Å². The fourth-order valence-corrected chi connectivity index (χ4v) is 2.34. The summed E-state index contributed by atoms with van der Waals surface area (Å²) in [5.74, 6) is 0.594. The molecular weight excluding hydrogens is 240 g/mol. The summed E-state index contributed by atoms with van der Waals surface area (Å²) in [5, 5.41) is 0. The van der Waals surface area contributed by atoms with Crippen molar-refractivity contribution in [1.29, 1.82) is 0 Å². The van der Waals surface area contributed by atoms with Crippen molar-refractivity contribution in [3.05, 3.63) is 54.1 Å². The number of methoxy groups -OCH3 is 1. The van der Waals surface area contributed by atoms with Crippen LogP contribution in [-0.4, -0.2) is 13.0 Å². The number of fused-ring (bicyclic) bond motifs is 1. The molecule has 1 heterocycles. The number of hydrogen-bond donors (Lipinski definition) is 1. The van der Waals surface area contributed by atoms with Crippen molar-refractivity contribution < 1.29 is 9.53 Å². The highest BCUT2D eigenvalue weighted by Crippen LogP contribution is 2.41. The molecule has 2 N–H and O–H groups in total. The zero-order chi connectivity index (χ0) is 13.4. The third-order valence-corrected chi connectivity index (χ3v) is 3.31. The van der Waals surface area contributed by atoms with E-state index in [1.807, 2.05) is 48.5 Å². The largest absolute Gasteiger partial charge is 0.497 e. The minimum Gasteiger partial charge on any atom is -0.497 e. The predicted octanol–water partition coefficient (Wildman–Crippen LogP) is 2.37. The molecule has 0 aliphatic carbocycles. The van der Waals surface area contributed by atoms with E-state index in [1.165, 1.54) is 0 Å². The number of ether oxygens (including phenoxy) is 1. The maximum atomic E-state index is 12.3. The molecule has 0 bridgehead atoms. The zero-order valence-corrected chi connectivity index (χ0v) is 10.5. The first kappa shape index (κ1) is 11.7. The van der Waals surface area contributed by atoms with Gasteiger partial charge < -0.3 is 10.5 Å². The summed E-state index contributed by atoms with van der Waals surface area (Å²) in [7, 11) is 1.60. The first-order chi connectivity index (χ1) is 9.22. The van der Waals surface area contributed by atoms with Crippen molar-refractivity contribution in [2.75, 3.05) is 12.0 Å². The molecule has 4 heteroatoms. The maximum Gasteiger partial charge on any atom is 0.253 e. The number of rotatable bonds is 2. The summed E-state index contributed by atoms with van der Waals surface area (Å²) in [6.07, 6.45) is 0. The highest BCUT2D eigenvalue weighted by atomic mass is 16.5. The molecule has 0 saturated heterocycles. The molecule has 0 radical (unpaired) electrons. The Morgan fingerprint density at radius 1 is 1.16 bits per heavy atom. The molecule has 96 valence electrons. The van der Waals surface area contributed by atoms with Gasteiger partial charge in [0.1, 0.15) is 11.8 Å². The molecule has 0 spiro atoms. The second kappa shape index (κ2) is 4.40. The topological polar surface area (TPSA) is 55.6 Å². The first-order valence-electron chi connectivity index (χ1n) is 6.05. The first-order valence-corrected chi connectivity index (χ1v) is 6.05. The summed E-state index contributed by atoms with van der Waals surface area (Å²) in [6, 6.07) is 14.4. The van der Waals surface area contributed by atoms with Crippen LogP contribution in [0.1, 0.15) is 11.6 Å².